The van der Waals surface area contributed by atoms with Crippen LogP contribution in [0.25, 0.3) is 0 Å². The molecular formula is C35H55F3N6. The molecule has 44 heavy (non-hydrogen) atoms. The van der Waals surface area contributed by atoms with Crippen molar-refractivity contribution in [2.45, 2.75) is 96.7 Å². The van der Waals surface area contributed by atoms with Crippen LogP contribution in [0.2, 0.25) is 0 Å². The Morgan fingerprint density at radius 2 is 1.93 bits per heavy atom. The van der Waals surface area contributed by atoms with Gasteiger partial charge < -0.3 is 14.7 Å². The first-order chi connectivity index (χ1) is 20.8. The zero-order valence-corrected chi connectivity index (χ0v) is 27.8. The molecule has 0 spiro atoms. The summed E-state index contributed by atoms with van der Waals surface area (Å²) in [5, 5.41) is 5.80. The summed E-state index contributed by atoms with van der Waals surface area (Å²) < 4.78 is 38.0. The molecular weight excluding hydrogens is 561 g/mol. The summed E-state index contributed by atoms with van der Waals surface area (Å²) in [6.07, 6.45) is 14.2. The number of nitrogens with zero attached hydrogens (tertiary/aromatic N) is 4. The Morgan fingerprint density at radius 3 is 2.59 bits per heavy atom. The fraction of sp³-hybridized carbons (Fsp3) is 0.629. The van der Waals surface area contributed by atoms with E-state index in [1.807, 2.05) is 13.1 Å². The zero-order valence-electron chi connectivity index (χ0n) is 27.8. The Morgan fingerprint density at radius 1 is 1.18 bits per heavy atom. The number of hydrogen-bond acceptors (Lipinski definition) is 6. The van der Waals surface area contributed by atoms with E-state index >= 15 is 0 Å². The van der Waals surface area contributed by atoms with Gasteiger partial charge in [0.15, 0.2) is 0 Å². The van der Waals surface area contributed by atoms with Crippen LogP contribution < -0.4 is 10.6 Å². The molecule has 0 radical (unpaired) electrons. The second-order valence-electron chi connectivity index (χ2n) is 12.9. The van der Waals surface area contributed by atoms with Crippen LogP contribution in [-0.2, 0) is 0 Å². The summed E-state index contributed by atoms with van der Waals surface area (Å²) >= 11 is 0. The van der Waals surface area contributed by atoms with Crippen LogP contribution in [0.1, 0.15) is 66.2 Å². The van der Waals surface area contributed by atoms with E-state index in [1.54, 1.807) is 6.92 Å². The number of likely N-dealkylation sites (N-methyl/N-ethyl adjacent to an activating group) is 1. The summed E-state index contributed by atoms with van der Waals surface area (Å²) in [4.78, 5) is 11.6. The first-order valence-electron chi connectivity index (χ1n) is 16.2. The van der Waals surface area contributed by atoms with E-state index in [1.165, 1.54) is 37.9 Å². The molecule has 0 bridgehead atoms. The second-order valence-corrected chi connectivity index (χ2v) is 12.9. The minimum Gasteiger partial charge on any atom is -0.377 e. The van der Waals surface area contributed by atoms with Crippen LogP contribution >= 0.6 is 0 Å². The van der Waals surface area contributed by atoms with Crippen molar-refractivity contribution in [2.75, 3.05) is 40.3 Å². The minimum absolute atomic E-state index is 0.0874. The van der Waals surface area contributed by atoms with Crippen molar-refractivity contribution < 1.29 is 13.2 Å². The molecule has 5 atom stereocenters. The van der Waals surface area contributed by atoms with Gasteiger partial charge >= 0.3 is 6.18 Å². The van der Waals surface area contributed by atoms with E-state index in [2.05, 4.69) is 102 Å². The van der Waals surface area contributed by atoms with Gasteiger partial charge in [0.05, 0.1) is 18.8 Å². The first kappa shape index (κ1) is 35.9. The molecule has 3 rings (SSSR count). The minimum atomic E-state index is -4.24. The lowest BCUT2D eigenvalue weighted by Gasteiger charge is -2.34. The highest BCUT2D eigenvalue weighted by Gasteiger charge is 2.29. The van der Waals surface area contributed by atoms with Crippen molar-refractivity contribution in [1.82, 2.24) is 25.3 Å². The average Bonchev–Trinajstić information content (AvgIpc) is 3.22. The van der Waals surface area contributed by atoms with Crippen LogP contribution in [-0.4, -0.2) is 92.2 Å². The van der Waals surface area contributed by atoms with Crippen molar-refractivity contribution in [3.8, 4) is 0 Å². The fourth-order valence-corrected chi connectivity index (χ4v) is 6.36. The molecule has 2 N–H and O–H groups in total. The van der Waals surface area contributed by atoms with Gasteiger partial charge in [-0.15, -0.1) is 0 Å². The average molecular weight is 617 g/mol. The maximum absolute atomic E-state index is 12.7. The number of nitrogens with one attached hydrogen (secondary N) is 2. The van der Waals surface area contributed by atoms with Crippen molar-refractivity contribution in [1.29, 1.82) is 0 Å². The van der Waals surface area contributed by atoms with Gasteiger partial charge in [-0.05, 0) is 88.1 Å². The van der Waals surface area contributed by atoms with Crippen LogP contribution in [0.3, 0.4) is 0 Å². The summed E-state index contributed by atoms with van der Waals surface area (Å²) in [5.41, 5.74) is 5.47. The zero-order chi connectivity index (χ0) is 32.4. The van der Waals surface area contributed by atoms with Crippen LogP contribution in [0.5, 0.6) is 0 Å². The van der Waals surface area contributed by atoms with Crippen LogP contribution in [0.4, 0.5) is 13.2 Å². The molecule has 6 nitrogen and oxygen atoms in total. The monoisotopic (exact) mass is 616 g/mol. The van der Waals surface area contributed by atoms with Crippen LogP contribution in [0.15, 0.2) is 76.3 Å². The van der Waals surface area contributed by atoms with Crippen LogP contribution in [0, 0.1) is 5.92 Å². The Balaban J connectivity index is 1.72. The van der Waals surface area contributed by atoms with Crippen molar-refractivity contribution >= 4 is 6.72 Å². The SMILES string of the molecule is C=CC(=CN(C)C1CCCN(CC(C)CC)CC1)C1=CC=C(N(C)C2=CC(NC(C)NCC(F)(F)F)CC(C)=C2)C(N=C)C1. The summed E-state index contributed by atoms with van der Waals surface area (Å²) in [6, 6.07) is 0.286. The third-order valence-corrected chi connectivity index (χ3v) is 9.15. The second kappa shape index (κ2) is 16.6. The van der Waals surface area contributed by atoms with Gasteiger partial charge in [0.25, 0.3) is 0 Å². The normalized spacial score (nSPS) is 25.1. The quantitative estimate of drug-likeness (QED) is 0.128. The molecule has 0 aromatic carbocycles. The number of alkyl halides is 3. The van der Waals surface area contributed by atoms with E-state index in [-0.39, 0.29) is 12.1 Å². The summed E-state index contributed by atoms with van der Waals surface area (Å²) in [6.45, 7) is 18.9. The number of likely N-dealkylation sites (tertiary alicyclic amines) is 1. The summed E-state index contributed by atoms with van der Waals surface area (Å²) in [5.74, 6) is 0.739. The Labute approximate surface area is 264 Å². The van der Waals surface area contributed by atoms with Gasteiger partial charge in [0, 0.05) is 63.3 Å². The number of hydrogen-bond donors (Lipinski definition) is 2. The Bertz CT molecular complexity index is 1130. The molecule has 0 saturated carbocycles. The molecule has 1 heterocycles. The van der Waals surface area contributed by atoms with Crippen molar-refractivity contribution in [3.63, 3.8) is 0 Å². The van der Waals surface area contributed by atoms with Crippen molar-refractivity contribution in [3.05, 3.63) is 71.3 Å². The van der Waals surface area contributed by atoms with Gasteiger partial charge in [-0.2, -0.15) is 13.2 Å². The smallest absolute Gasteiger partial charge is 0.377 e. The third-order valence-electron chi connectivity index (χ3n) is 9.15. The van der Waals surface area contributed by atoms with E-state index in [0.29, 0.717) is 6.04 Å². The topological polar surface area (TPSA) is 46.1 Å². The van der Waals surface area contributed by atoms with E-state index in [4.69, 9.17) is 0 Å². The molecule has 1 fully saturated rings. The predicted octanol–water partition coefficient (Wildman–Crippen LogP) is 6.79. The molecule has 0 aromatic heterocycles. The molecule has 9 heteroatoms. The lowest BCUT2D eigenvalue weighted by atomic mass is 9.91. The molecule has 246 valence electrons. The lowest BCUT2D eigenvalue weighted by molar-refractivity contribution is -0.126. The maximum Gasteiger partial charge on any atom is 0.401 e. The molecule has 0 aromatic rings. The number of halogens is 3. The third kappa shape index (κ3) is 10.8. The molecule has 1 aliphatic heterocycles. The van der Waals surface area contributed by atoms with E-state index in [0.717, 1.165) is 54.3 Å². The van der Waals surface area contributed by atoms with Gasteiger partial charge in [0.1, 0.15) is 0 Å². The van der Waals surface area contributed by atoms with Gasteiger partial charge in [0.2, 0.25) is 0 Å². The number of rotatable bonds is 14. The molecule has 3 aliphatic rings. The van der Waals surface area contributed by atoms with Gasteiger partial charge in [-0.25, -0.2) is 0 Å². The van der Waals surface area contributed by atoms with Gasteiger partial charge in [-0.3, -0.25) is 15.6 Å². The molecule has 1 saturated heterocycles. The highest BCUT2D eigenvalue weighted by molar-refractivity contribution is 5.47. The molecule has 2 aliphatic carbocycles. The molecule has 0 amide bonds. The lowest BCUT2D eigenvalue weighted by Crippen LogP contribution is -2.48. The summed E-state index contributed by atoms with van der Waals surface area (Å²) in [7, 11) is 4.20. The van der Waals surface area contributed by atoms with E-state index in [9.17, 15) is 13.2 Å². The number of aliphatic imine (C=N–C) groups is 1. The predicted molar refractivity (Wildman–Crippen MR) is 178 cm³/mol. The Kier molecular flexibility index (Phi) is 13.5. The standard InChI is InChI=1S/C35H55F3N6/c1-9-25(3)22-44-16-11-12-31(15-17-44)42(7)23-28(10-2)29-13-14-34(33(20-29)39-6)43(8)32-19-26(4)18-30(21-32)41-27(5)40-24-35(36,37)38/h10,13-14,19,21,23,25,27,30-31,33,40-41H,2,6,9,11-12,15-18,20,22,24H2,1,3-5,7-8H3. The molecule has 5 unspecified atom stereocenters. The fourth-order valence-electron chi connectivity index (χ4n) is 6.36. The van der Waals surface area contributed by atoms with Crippen molar-refractivity contribution in [2.24, 2.45) is 10.9 Å². The Hall–Kier alpha value is -2.62. The highest BCUT2D eigenvalue weighted by atomic mass is 19.4. The highest BCUT2D eigenvalue weighted by Crippen LogP contribution is 2.32. The first-order valence-corrected chi connectivity index (χ1v) is 16.2. The van der Waals surface area contributed by atoms with E-state index < -0.39 is 18.9 Å². The maximum atomic E-state index is 12.7. The van der Waals surface area contributed by atoms with Gasteiger partial charge in [-0.1, -0.05) is 44.6 Å². The number of allylic oxidation sites excluding steroid dienone is 5. The largest absolute Gasteiger partial charge is 0.401 e.